The lowest BCUT2D eigenvalue weighted by Gasteiger charge is -2.16. The van der Waals surface area contributed by atoms with Crippen molar-refractivity contribution in [3.8, 4) is 78.9 Å². The third-order valence-corrected chi connectivity index (χ3v) is 13.2. The first-order valence-electron chi connectivity index (χ1n) is 23.0. The maximum Gasteiger partial charge on any atom is 0.238 e. The number of aromatic nitrogens is 5. The predicted octanol–water partition coefficient (Wildman–Crippen LogP) is 16.1. The molecule has 3 heterocycles. The first-order chi connectivity index (χ1) is 33.7. The number of benzene rings is 10. The van der Waals surface area contributed by atoms with E-state index in [9.17, 15) is 0 Å². The largest absolute Gasteiger partial charge is 0.309 e. The molecule has 0 spiro atoms. The Kier molecular flexibility index (Phi) is 9.43. The van der Waals surface area contributed by atoms with Crippen LogP contribution < -0.4 is 0 Å². The summed E-state index contributed by atoms with van der Waals surface area (Å²) in [6, 6.07) is 88.3. The molecule has 10 aromatic carbocycles. The minimum absolute atomic E-state index is 0.552. The van der Waals surface area contributed by atoms with Gasteiger partial charge in [0.2, 0.25) is 5.95 Å². The molecular formula is C63H41N5. The van der Waals surface area contributed by atoms with E-state index in [2.05, 4.69) is 240 Å². The molecule has 0 N–H and O–H groups in total. The molecule has 5 heteroatoms. The molecule has 0 saturated carbocycles. The molecule has 13 aromatic rings. The summed E-state index contributed by atoms with van der Waals surface area (Å²) in [6.07, 6.45) is 0. The van der Waals surface area contributed by atoms with Crippen molar-refractivity contribution in [2.45, 2.75) is 0 Å². The Morgan fingerprint density at radius 2 is 0.662 bits per heavy atom. The monoisotopic (exact) mass is 867 g/mol. The van der Waals surface area contributed by atoms with Gasteiger partial charge in [0.05, 0.1) is 27.8 Å². The van der Waals surface area contributed by atoms with Crippen LogP contribution in [0, 0.1) is 0 Å². The van der Waals surface area contributed by atoms with Gasteiger partial charge in [0, 0.05) is 38.2 Å². The summed E-state index contributed by atoms with van der Waals surface area (Å²) in [7, 11) is 0. The average Bonchev–Trinajstić information content (AvgIpc) is 3.92. The van der Waals surface area contributed by atoms with Crippen LogP contribution >= 0.6 is 0 Å². The lowest BCUT2D eigenvalue weighted by Crippen LogP contribution is -2.06. The number of hydrogen-bond acceptors (Lipinski definition) is 3. The maximum atomic E-state index is 5.40. The van der Waals surface area contributed by atoms with Crippen molar-refractivity contribution < 1.29 is 0 Å². The zero-order valence-corrected chi connectivity index (χ0v) is 36.9. The maximum absolute atomic E-state index is 5.40. The fourth-order valence-corrected chi connectivity index (χ4v) is 9.95. The quantitative estimate of drug-likeness (QED) is 0.153. The minimum atomic E-state index is 0.552. The Labute approximate surface area is 393 Å². The van der Waals surface area contributed by atoms with Gasteiger partial charge in [-0.25, -0.2) is 4.98 Å². The van der Waals surface area contributed by atoms with Crippen LogP contribution in [0.25, 0.3) is 123 Å². The first-order valence-corrected chi connectivity index (χ1v) is 23.0. The van der Waals surface area contributed by atoms with E-state index in [1.807, 2.05) is 18.2 Å². The summed E-state index contributed by atoms with van der Waals surface area (Å²) in [5.74, 6) is 1.76. The summed E-state index contributed by atoms with van der Waals surface area (Å²) in [6.45, 7) is 0. The van der Waals surface area contributed by atoms with Crippen LogP contribution in [0.2, 0.25) is 0 Å². The number of hydrogen-bond donors (Lipinski definition) is 0. The third-order valence-electron chi connectivity index (χ3n) is 13.2. The van der Waals surface area contributed by atoms with Crippen LogP contribution in [0.15, 0.2) is 249 Å². The molecule has 318 valence electrons. The van der Waals surface area contributed by atoms with Crippen LogP contribution in [-0.2, 0) is 0 Å². The molecule has 0 radical (unpaired) electrons. The summed E-state index contributed by atoms with van der Waals surface area (Å²) < 4.78 is 4.67. The second-order valence-electron chi connectivity index (χ2n) is 17.2. The van der Waals surface area contributed by atoms with Gasteiger partial charge >= 0.3 is 0 Å². The smallest absolute Gasteiger partial charge is 0.238 e. The molecule has 0 atom stereocenters. The minimum Gasteiger partial charge on any atom is -0.309 e. The van der Waals surface area contributed by atoms with E-state index < -0.39 is 0 Å². The van der Waals surface area contributed by atoms with Crippen molar-refractivity contribution in [2.75, 3.05) is 0 Å². The van der Waals surface area contributed by atoms with E-state index in [1.165, 1.54) is 33.0 Å². The highest BCUT2D eigenvalue weighted by Gasteiger charge is 2.23. The molecule has 0 aliphatic carbocycles. The lowest BCUT2D eigenvalue weighted by molar-refractivity contribution is 0.953. The van der Waals surface area contributed by atoms with Crippen LogP contribution in [-0.4, -0.2) is 24.1 Å². The Hall–Kier alpha value is -9.19. The third kappa shape index (κ3) is 6.76. The Morgan fingerprint density at radius 1 is 0.235 bits per heavy atom. The summed E-state index contributed by atoms with van der Waals surface area (Å²) in [4.78, 5) is 15.9. The molecule has 68 heavy (non-hydrogen) atoms. The molecule has 5 nitrogen and oxygen atoms in total. The molecule has 0 unspecified atom stereocenters. The molecule has 0 aliphatic heterocycles. The molecule has 0 fully saturated rings. The fourth-order valence-electron chi connectivity index (χ4n) is 9.95. The van der Waals surface area contributed by atoms with Gasteiger partial charge in [0.15, 0.2) is 11.6 Å². The second kappa shape index (κ2) is 16.4. The lowest BCUT2D eigenvalue weighted by atomic mass is 9.97. The molecule has 3 aromatic heterocycles. The highest BCUT2D eigenvalue weighted by atomic mass is 15.2. The van der Waals surface area contributed by atoms with E-state index in [1.54, 1.807) is 0 Å². The van der Waals surface area contributed by atoms with Crippen molar-refractivity contribution in [3.05, 3.63) is 249 Å². The second-order valence-corrected chi connectivity index (χ2v) is 17.2. The molecule has 0 aliphatic rings. The number of para-hydroxylation sites is 2. The normalized spacial score (nSPS) is 11.5. The van der Waals surface area contributed by atoms with Gasteiger partial charge in [-0.1, -0.05) is 200 Å². The van der Waals surface area contributed by atoms with Gasteiger partial charge in [-0.2, -0.15) is 9.97 Å². The van der Waals surface area contributed by atoms with Crippen molar-refractivity contribution >= 4 is 43.6 Å². The molecule has 13 rings (SSSR count). The number of fused-ring (bicyclic) bond motifs is 6. The topological polar surface area (TPSA) is 48.5 Å². The number of rotatable bonds is 8. The van der Waals surface area contributed by atoms with Gasteiger partial charge in [-0.15, -0.1) is 0 Å². The van der Waals surface area contributed by atoms with E-state index in [-0.39, 0.29) is 0 Å². The van der Waals surface area contributed by atoms with Crippen molar-refractivity contribution in [1.29, 1.82) is 0 Å². The van der Waals surface area contributed by atoms with Crippen molar-refractivity contribution in [3.63, 3.8) is 0 Å². The summed E-state index contributed by atoms with van der Waals surface area (Å²) in [5, 5.41) is 4.62. The van der Waals surface area contributed by atoms with Crippen LogP contribution in [0.3, 0.4) is 0 Å². The fraction of sp³-hybridized carbons (Fsp3) is 0. The Balaban J connectivity index is 1.05. The molecule has 0 amide bonds. The van der Waals surface area contributed by atoms with Crippen LogP contribution in [0.5, 0.6) is 0 Å². The van der Waals surface area contributed by atoms with Gasteiger partial charge in [-0.3, -0.25) is 4.57 Å². The zero-order valence-electron chi connectivity index (χ0n) is 36.9. The molecule has 0 saturated heterocycles. The van der Waals surface area contributed by atoms with Gasteiger partial charge in [0.25, 0.3) is 0 Å². The first kappa shape index (κ1) is 39.2. The van der Waals surface area contributed by atoms with E-state index in [0.29, 0.717) is 17.6 Å². The molecule has 0 bridgehead atoms. The van der Waals surface area contributed by atoms with Crippen LogP contribution in [0.1, 0.15) is 0 Å². The average molecular weight is 868 g/mol. The summed E-state index contributed by atoms with van der Waals surface area (Å²) >= 11 is 0. The highest BCUT2D eigenvalue weighted by Crippen LogP contribution is 2.42. The van der Waals surface area contributed by atoms with Crippen molar-refractivity contribution in [2.24, 2.45) is 0 Å². The van der Waals surface area contributed by atoms with Crippen LogP contribution in [0.4, 0.5) is 0 Å². The van der Waals surface area contributed by atoms with E-state index in [0.717, 1.165) is 71.9 Å². The van der Waals surface area contributed by atoms with Gasteiger partial charge in [0.1, 0.15) is 0 Å². The highest BCUT2D eigenvalue weighted by molar-refractivity contribution is 6.19. The van der Waals surface area contributed by atoms with Crippen molar-refractivity contribution in [1.82, 2.24) is 24.1 Å². The van der Waals surface area contributed by atoms with E-state index >= 15 is 0 Å². The number of nitrogens with zero attached hydrogens (tertiary/aromatic N) is 5. The van der Waals surface area contributed by atoms with Gasteiger partial charge < -0.3 is 4.57 Å². The van der Waals surface area contributed by atoms with Gasteiger partial charge in [-0.05, 0) is 87.5 Å². The predicted molar refractivity (Wildman–Crippen MR) is 281 cm³/mol. The standard InChI is InChI=1S/C63H41N5/c1-5-19-42(20-6-1)46-27-17-28-47(37-46)48-29-18-30-50(38-48)62-64-61(45-25-11-4-12-26-45)65-63(66-62)68-57-34-16-14-32-52(57)55-40-54-51-31-13-15-33-56(51)67(59(54)41-60(55)68)58-36-35-49(43-21-7-2-8-22-43)39-53(58)44-23-9-3-10-24-44/h1-41H. The Morgan fingerprint density at radius 3 is 1.26 bits per heavy atom. The van der Waals surface area contributed by atoms with E-state index in [4.69, 9.17) is 15.0 Å². The molecular weight excluding hydrogens is 827 g/mol. The Bertz CT molecular complexity index is 4010. The summed E-state index contributed by atoms with van der Waals surface area (Å²) in [5.41, 5.74) is 16.4. The zero-order chi connectivity index (χ0) is 45.0. The SMILES string of the molecule is c1ccc(-c2cccc(-c3cccc(-c4nc(-c5ccccc5)nc(-n5c6ccccc6c6cc7c8ccccc8n(-c8ccc(-c9ccccc9)cc8-c8ccccc8)c7cc65)n4)c3)c2)cc1.